The average Bonchev–Trinajstić information content (AvgIpc) is 3.08. The van der Waals surface area contributed by atoms with Crippen molar-refractivity contribution >= 4 is 18.2 Å². The minimum Gasteiger partial charge on any atom is -0.479 e. The Hall–Kier alpha value is -3.55. The number of rotatable bonds is 5. The number of alkyl carbamates (subject to hydrolysis) is 1. The van der Waals surface area contributed by atoms with E-state index < -0.39 is 35.2 Å². The van der Waals surface area contributed by atoms with Gasteiger partial charge in [-0.05, 0) is 49.9 Å². The monoisotopic (exact) mass is 466 g/mol. The summed E-state index contributed by atoms with van der Waals surface area (Å²) < 4.78 is 10.9. The molecule has 2 atom stereocenters. The summed E-state index contributed by atoms with van der Waals surface area (Å²) in [6.45, 7) is 7.06. The number of benzene rings is 2. The Kier molecular flexibility index (Phi) is 6.02. The van der Waals surface area contributed by atoms with Crippen LogP contribution < -0.4 is 5.32 Å². The summed E-state index contributed by atoms with van der Waals surface area (Å²) in [6.07, 6.45) is -1.31. The lowest BCUT2D eigenvalue weighted by Crippen LogP contribution is -2.73. The van der Waals surface area contributed by atoms with E-state index in [1.165, 1.54) is 11.8 Å². The van der Waals surface area contributed by atoms with E-state index in [2.05, 4.69) is 17.4 Å². The molecule has 0 saturated carbocycles. The number of fused-ring (bicyclic) bond motifs is 3. The average molecular weight is 467 g/mol. The number of nitrogens with zero attached hydrogens (tertiary/aromatic N) is 1. The molecule has 4 rings (SSSR count). The first-order valence-corrected chi connectivity index (χ1v) is 11.3. The molecular formula is C26H30N2O6. The van der Waals surface area contributed by atoms with Crippen LogP contribution in [-0.4, -0.2) is 59.0 Å². The zero-order valence-corrected chi connectivity index (χ0v) is 19.8. The first kappa shape index (κ1) is 23.6. The van der Waals surface area contributed by atoms with Crippen LogP contribution in [-0.2, 0) is 14.3 Å². The van der Waals surface area contributed by atoms with Crippen LogP contribution in [0.4, 0.5) is 9.59 Å². The number of aliphatic carboxylic acids is 1. The van der Waals surface area contributed by atoms with E-state index in [1.54, 1.807) is 20.8 Å². The van der Waals surface area contributed by atoms with Crippen LogP contribution in [0.15, 0.2) is 48.5 Å². The molecule has 0 spiro atoms. The number of likely N-dealkylation sites (tertiary alicyclic amines) is 1. The van der Waals surface area contributed by atoms with E-state index in [0.29, 0.717) is 0 Å². The maximum absolute atomic E-state index is 12.9. The van der Waals surface area contributed by atoms with Crippen molar-refractivity contribution in [2.24, 2.45) is 5.92 Å². The molecule has 1 heterocycles. The molecule has 1 unspecified atom stereocenters. The van der Waals surface area contributed by atoms with Crippen LogP contribution in [0.3, 0.4) is 0 Å². The van der Waals surface area contributed by atoms with Gasteiger partial charge in [0.15, 0.2) is 0 Å². The van der Waals surface area contributed by atoms with Crippen molar-refractivity contribution in [3.63, 3.8) is 0 Å². The van der Waals surface area contributed by atoms with Crippen molar-refractivity contribution in [1.82, 2.24) is 10.2 Å². The minimum atomic E-state index is -1.49. The molecule has 8 heteroatoms. The maximum Gasteiger partial charge on any atom is 0.410 e. The molecule has 2 amide bonds. The highest BCUT2D eigenvalue weighted by Gasteiger charge is 2.58. The van der Waals surface area contributed by atoms with Gasteiger partial charge in [-0.2, -0.15) is 0 Å². The van der Waals surface area contributed by atoms with Gasteiger partial charge in [-0.1, -0.05) is 48.5 Å². The highest BCUT2D eigenvalue weighted by Crippen LogP contribution is 2.45. The second-order valence-corrected chi connectivity index (χ2v) is 9.95. The quantitative estimate of drug-likeness (QED) is 0.683. The normalized spacial score (nSPS) is 21.2. The SMILES string of the molecule is CC(C)(C)OC(=O)NCC1CN(C(=O)OCC2c3ccccc3-c3ccccc32)[C@]1(C)C(=O)O. The van der Waals surface area contributed by atoms with Gasteiger partial charge < -0.3 is 19.9 Å². The van der Waals surface area contributed by atoms with E-state index in [4.69, 9.17) is 9.47 Å². The highest BCUT2D eigenvalue weighted by atomic mass is 16.6. The lowest BCUT2D eigenvalue weighted by atomic mass is 9.75. The van der Waals surface area contributed by atoms with Crippen molar-refractivity contribution in [2.75, 3.05) is 19.7 Å². The van der Waals surface area contributed by atoms with Crippen LogP contribution in [0.2, 0.25) is 0 Å². The second-order valence-electron chi connectivity index (χ2n) is 9.95. The van der Waals surface area contributed by atoms with Crippen LogP contribution in [0, 0.1) is 5.92 Å². The van der Waals surface area contributed by atoms with Gasteiger partial charge in [-0.3, -0.25) is 4.90 Å². The van der Waals surface area contributed by atoms with Gasteiger partial charge in [0.25, 0.3) is 0 Å². The van der Waals surface area contributed by atoms with Crippen LogP contribution >= 0.6 is 0 Å². The molecule has 1 saturated heterocycles. The van der Waals surface area contributed by atoms with E-state index in [-0.39, 0.29) is 25.6 Å². The summed E-state index contributed by atoms with van der Waals surface area (Å²) in [5.41, 5.74) is 2.25. The lowest BCUT2D eigenvalue weighted by Gasteiger charge is -2.52. The van der Waals surface area contributed by atoms with Crippen LogP contribution in [0.25, 0.3) is 11.1 Å². The molecule has 8 nitrogen and oxygen atoms in total. The first-order chi connectivity index (χ1) is 16.0. The zero-order chi connectivity index (χ0) is 24.7. The molecule has 1 aliphatic carbocycles. The van der Waals surface area contributed by atoms with Gasteiger partial charge in [0.2, 0.25) is 0 Å². The number of hydrogen-bond donors (Lipinski definition) is 2. The minimum absolute atomic E-state index is 0.0743. The number of carboxylic acids is 1. The molecule has 1 fully saturated rings. The maximum atomic E-state index is 12.9. The van der Waals surface area contributed by atoms with Gasteiger partial charge in [0.05, 0.1) is 0 Å². The Morgan fingerprint density at radius 1 is 1.06 bits per heavy atom. The fraction of sp³-hybridized carbons (Fsp3) is 0.423. The van der Waals surface area contributed by atoms with Crippen molar-refractivity contribution in [3.05, 3.63) is 59.7 Å². The van der Waals surface area contributed by atoms with E-state index >= 15 is 0 Å². The van der Waals surface area contributed by atoms with Gasteiger partial charge in [0, 0.05) is 24.9 Å². The summed E-state index contributed by atoms with van der Waals surface area (Å²) in [5, 5.41) is 12.5. The molecule has 2 aliphatic rings. The summed E-state index contributed by atoms with van der Waals surface area (Å²) in [4.78, 5) is 38.2. The van der Waals surface area contributed by atoms with E-state index in [1.807, 2.05) is 36.4 Å². The number of carbonyl (C=O) groups is 3. The number of carboxylic acid groups (broad SMARTS) is 1. The van der Waals surface area contributed by atoms with E-state index in [9.17, 15) is 19.5 Å². The molecule has 0 aromatic heterocycles. The van der Waals surface area contributed by atoms with Crippen molar-refractivity contribution in [2.45, 2.75) is 44.8 Å². The second kappa shape index (κ2) is 8.66. The third-order valence-electron chi connectivity index (χ3n) is 6.64. The number of ether oxygens (including phenoxy) is 2. The number of amides is 2. The largest absolute Gasteiger partial charge is 0.479 e. The van der Waals surface area contributed by atoms with Gasteiger partial charge >= 0.3 is 18.2 Å². The zero-order valence-electron chi connectivity index (χ0n) is 19.8. The summed E-state index contributed by atoms with van der Waals surface area (Å²) in [7, 11) is 0. The Labute approximate surface area is 198 Å². The molecule has 2 N–H and O–H groups in total. The van der Waals surface area contributed by atoms with Gasteiger partial charge in [-0.15, -0.1) is 0 Å². The third kappa shape index (κ3) is 4.20. The van der Waals surface area contributed by atoms with Crippen molar-refractivity contribution in [1.29, 1.82) is 0 Å². The third-order valence-corrected chi connectivity index (χ3v) is 6.64. The smallest absolute Gasteiger partial charge is 0.410 e. The fourth-order valence-corrected chi connectivity index (χ4v) is 4.71. The Bertz CT molecular complexity index is 1080. The molecule has 2 aromatic rings. The molecular weight excluding hydrogens is 436 g/mol. The molecule has 34 heavy (non-hydrogen) atoms. The molecule has 0 bridgehead atoms. The predicted molar refractivity (Wildman–Crippen MR) is 126 cm³/mol. The Balaban J connectivity index is 1.41. The fourth-order valence-electron chi connectivity index (χ4n) is 4.71. The standard InChI is InChI=1S/C26H30N2O6/c1-25(2,3)34-23(31)27-13-16-14-28(26(16,4)22(29)30)24(32)33-15-21-19-11-7-5-9-17(19)18-10-6-8-12-20(18)21/h5-12,16,21H,13-15H2,1-4H3,(H,27,31)(H,29,30)/t16?,26-/m0/s1. The number of nitrogens with one attached hydrogen (secondary N) is 1. The number of carbonyl (C=O) groups excluding carboxylic acids is 2. The highest BCUT2D eigenvalue weighted by molar-refractivity contribution is 5.87. The van der Waals surface area contributed by atoms with Crippen LogP contribution in [0.1, 0.15) is 44.7 Å². The van der Waals surface area contributed by atoms with Crippen molar-refractivity contribution in [3.8, 4) is 11.1 Å². The summed E-state index contributed by atoms with van der Waals surface area (Å²) in [6, 6.07) is 16.0. The molecule has 0 radical (unpaired) electrons. The Morgan fingerprint density at radius 3 is 2.15 bits per heavy atom. The summed E-state index contributed by atoms with van der Waals surface area (Å²) in [5.74, 6) is -1.74. The van der Waals surface area contributed by atoms with Gasteiger partial charge in [0.1, 0.15) is 17.7 Å². The Morgan fingerprint density at radius 2 is 1.62 bits per heavy atom. The first-order valence-electron chi connectivity index (χ1n) is 11.3. The molecule has 180 valence electrons. The molecule has 2 aromatic carbocycles. The topological polar surface area (TPSA) is 105 Å². The summed E-state index contributed by atoms with van der Waals surface area (Å²) >= 11 is 0. The van der Waals surface area contributed by atoms with Crippen molar-refractivity contribution < 1.29 is 29.0 Å². The number of hydrogen-bond acceptors (Lipinski definition) is 5. The van der Waals surface area contributed by atoms with Gasteiger partial charge in [-0.25, -0.2) is 14.4 Å². The van der Waals surface area contributed by atoms with E-state index in [0.717, 1.165) is 22.3 Å². The predicted octanol–water partition coefficient (Wildman–Crippen LogP) is 4.24. The molecule has 1 aliphatic heterocycles. The van der Waals surface area contributed by atoms with Crippen LogP contribution in [0.5, 0.6) is 0 Å². The lowest BCUT2D eigenvalue weighted by molar-refractivity contribution is -0.165.